The van der Waals surface area contributed by atoms with Crippen molar-refractivity contribution in [1.82, 2.24) is 0 Å². The molecule has 1 aliphatic rings. The first-order valence-corrected chi connectivity index (χ1v) is 5.17. The highest BCUT2D eigenvalue weighted by atomic mass is 16.3. The summed E-state index contributed by atoms with van der Waals surface area (Å²) in [4.78, 5) is 0. The van der Waals surface area contributed by atoms with E-state index < -0.39 is 0 Å². The lowest BCUT2D eigenvalue weighted by Crippen LogP contribution is -2.28. The van der Waals surface area contributed by atoms with E-state index in [0.29, 0.717) is 11.8 Å². The highest BCUT2D eigenvalue weighted by Gasteiger charge is 2.27. The first-order valence-electron chi connectivity index (χ1n) is 5.17. The van der Waals surface area contributed by atoms with Crippen molar-refractivity contribution in [2.24, 2.45) is 11.8 Å². The Morgan fingerprint density at radius 1 is 1.15 bits per heavy atom. The standard InChI is InChI=1S/C12H20O/c1-3-5-10-7-8-11(6-4-2)12(13)9-10/h3-4,10-13H,1-2,5-9H2. The third kappa shape index (κ3) is 3.00. The molecule has 1 fully saturated rings. The molecular weight excluding hydrogens is 160 g/mol. The fraction of sp³-hybridized carbons (Fsp3) is 0.667. The van der Waals surface area contributed by atoms with Gasteiger partial charge in [0.05, 0.1) is 6.10 Å². The smallest absolute Gasteiger partial charge is 0.0574 e. The Morgan fingerprint density at radius 3 is 2.38 bits per heavy atom. The maximum absolute atomic E-state index is 9.82. The lowest BCUT2D eigenvalue weighted by atomic mass is 9.77. The third-order valence-electron chi connectivity index (χ3n) is 3.03. The van der Waals surface area contributed by atoms with Crippen molar-refractivity contribution in [1.29, 1.82) is 0 Å². The van der Waals surface area contributed by atoms with E-state index >= 15 is 0 Å². The highest BCUT2D eigenvalue weighted by molar-refractivity contribution is 4.86. The molecule has 1 rings (SSSR count). The Hall–Kier alpha value is -0.560. The minimum Gasteiger partial charge on any atom is -0.393 e. The maximum Gasteiger partial charge on any atom is 0.0574 e. The minimum absolute atomic E-state index is 0.114. The Morgan fingerprint density at radius 2 is 1.85 bits per heavy atom. The van der Waals surface area contributed by atoms with E-state index in [1.807, 2.05) is 12.2 Å². The van der Waals surface area contributed by atoms with E-state index in [2.05, 4.69) is 13.2 Å². The van der Waals surface area contributed by atoms with Gasteiger partial charge in [0.2, 0.25) is 0 Å². The summed E-state index contributed by atoms with van der Waals surface area (Å²) in [6.45, 7) is 7.45. The summed E-state index contributed by atoms with van der Waals surface area (Å²) >= 11 is 0. The van der Waals surface area contributed by atoms with Gasteiger partial charge in [-0.1, -0.05) is 12.2 Å². The fourth-order valence-electron chi connectivity index (χ4n) is 2.23. The number of hydrogen-bond acceptors (Lipinski definition) is 1. The topological polar surface area (TPSA) is 20.2 Å². The number of aliphatic hydroxyl groups excluding tert-OH is 1. The Labute approximate surface area is 81.2 Å². The fourth-order valence-corrected chi connectivity index (χ4v) is 2.23. The highest BCUT2D eigenvalue weighted by Crippen LogP contribution is 2.33. The molecule has 1 aliphatic carbocycles. The molecule has 74 valence electrons. The van der Waals surface area contributed by atoms with Gasteiger partial charge in [-0.05, 0) is 43.9 Å². The van der Waals surface area contributed by atoms with E-state index in [4.69, 9.17) is 0 Å². The van der Waals surface area contributed by atoms with Gasteiger partial charge in [-0.2, -0.15) is 0 Å². The van der Waals surface area contributed by atoms with E-state index in [-0.39, 0.29) is 6.10 Å². The quantitative estimate of drug-likeness (QED) is 0.659. The van der Waals surface area contributed by atoms with E-state index in [1.54, 1.807) is 0 Å². The van der Waals surface area contributed by atoms with Crippen molar-refractivity contribution >= 4 is 0 Å². The van der Waals surface area contributed by atoms with Gasteiger partial charge in [0.15, 0.2) is 0 Å². The summed E-state index contributed by atoms with van der Waals surface area (Å²) in [5.74, 6) is 1.12. The van der Waals surface area contributed by atoms with Gasteiger partial charge in [-0.15, -0.1) is 13.2 Å². The van der Waals surface area contributed by atoms with Gasteiger partial charge in [-0.25, -0.2) is 0 Å². The van der Waals surface area contributed by atoms with Crippen molar-refractivity contribution in [2.75, 3.05) is 0 Å². The van der Waals surface area contributed by atoms with Gasteiger partial charge in [0.1, 0.15) is 0 Å². The zero-order chi connectivity index (χ0) is 9.68. The van der Waals surface area contributed by atoms with Crippen molar-refractivity contribution < 1.29 is 5.11 Å². The first kappa shape index (κ1) is 10.5. The van der Waals surface area contributed by atoms with E-state index in [9.17, 15) is 5.11 Å². The molecule has 0 bridgehead atoms. The van der Waals surface area contributed by atoms with Crippen molar-refractivity contribution in [3.63, 3.8) is 0 Å². The summed E-state index contributed by atoms with van der Waals surface area (Å²) in [5, 5.41) is 9.82. The number of rotatable bonds is 4. The van der Waals surface area contributed by atoms with Crippen LogP contribution in [0.3, 0.4) is 0 Å². The second kappa shape index (κ2) is 5.23. The second-order valence-corrected chi connectivity index (χ2v) is 4.06. The molecule has 0 aliphatic heterocycles. The van der Waals surface area contributed by atoms with Crippen molar-refractivity contribution in [3.05, 3.63) is 25.3 Å². The minimum atomic E-state index is -0.114. The van der Waals surface area contributed by atoms with Crippen LogP contribution in [0.2, 0.25) is 0 Å². The normalized spacial score (nSPS) is 34.1. The molecule has 0 aromatic carbocycles. The monoisotopic (exact) mass is 180 g/mol. The lowest BCUT2D eigenvalue weighted by molar-refractivity contribution is 0.0468. The summed E-state index contributed by atoms with van der Waals surface area (Å²) in [6, 6.07) is 0. The maximum atomic E-state index is 9.82. The molecule has 3 unspecified atom stereocenters. The van der Waals surface area contributed by atoms with Crippen LogP contribution in [0, 0.1) is 11.8 Å². The zero-order valence-electron chi connectivity index (χ0n) is 8.28. The molecule has 0 heterocycles. The number of hydrogen-bond donors (Lipinski definition) is 1. The van der Waals surface area contributed by atoms with Crippen LogP contribution in [0.15, 0.2) is 25.3 Å². The molecule has 0 spiro atoms. The molecule has 0 saturated heterocycles. The molecule has 0 aromatic rings. The predicted molar refractivity (Wildman–Crippen MR) is 56.5 cm³/mol. The van der Waals surface area contributed by atoms with Gasteiger partial charge < -0.3 is 5.11 Å². The Kier molecular flexibility index (Phi) is 4.23. The predicted octanol–water partition coefficient (Wildman–Crippen LogP) is 2.92. The Balaban J connectivity index is 2.36. The molecular formula is C12H20O. The van der Waals surface area contributed by atoms with Crippen LogP contribution in [0.1, 0.15) is 32.1 Å². The van der Waals surface area contributed by atoms with Gasteiger partial charge >= 0.3 is 0 Å². The van der Waals surface area contributed by atoms with Crippen LogP contribution in [0.5, 0.6) is 0 Å². The SMILES string of the molecule is C=CCC1CCC(CC=C)C(O)C1. The molecule has 1 N–H and O–H groups in total. The van der Waals surface area contributed by atoms with Crippen LogP contribution >= 0.6 is 0 Å². The molecule has 0 amide bonds. The molecule has 3 atom stereocenters. The molecule has 1 heteroatoms. The number of allylic oxidation sites excluding steroid dienone is 2. The van der Waals surface area contributed by atoms with Gasteiger partial charge in [0.25, 0.3) is 0 Å². The summed E-state index contributed by atoms with van der Waals surface area (Å²) in [6.07, 6.45) is 9.11. The Bertz CT molecular complexity index is 174. The van der Waals surface area contributed by atoms with Gasteiger partial charge in [-0.3, -0.25) is 0 Å². The number of aliphatic hydroxyl groups is 1. The zero-order valence-corrected chi connectivity index (χ0v) is 8.28. The van der Waals surface area contributed by atoms with Crippen molar-refractivity contribution in [2.45, 2.75) is 38.2 Å². The van der Waals surface area contributed by atoms with E-state index in [1.165, 1.54) is 6.42 Å². The van der Waals surface area contributed by atoms with Crippen LogP contribution in [0.25, 0.3) is 0 Å². The third-order valence-corrected chi connectivity index (χ3v) is 3.03. The average molecular weight is 180 g/mol. The van der Waals surface area contributed by atoms with Crippen LogP contribution < -0.4 is 0 Å². The first-order chi connectivity index (χ1) is 6.27. The average Bonchev–Trinajstić information content (AvgIpc) is 2.10. The second-order valence-electron chi connectivity index (χ2n) is 4.06. The lowest BCUT2D eigenvalue weighted by Gasteiger charge is -2.32. The summed E-state index contributed by atoms with van der Waals surface area (Å²) in [5.41, 5.74) is 0. The summed E-state index contributed by atoms with van der Waals surface area (Å²) in [7, 11) is 0. The molecule has 13 heavy (non-hydrogen) atoms. The molecule has 0 radical (unpaired) electrons. The van der Waals surface area contributed by atoms with Crippen LogP contribution in [-0.2, 0) is 0 Å². The molecule has 0 aromatic heterocycles. The van der Waals surface area contributed by atoms with Crippen LogP contribution in [0.4, 0.5) is 0 Å². The molecule has 1 saturated carbocycles. The largest absolute Gasteiger partial charge is 0.393 e. The van der Waals surface area contributed by atoms with Gasteiger partial charge in [0, 0.05) is 0 Å². The van der Waals surface area contributed by atoms with Crippen LogP contribution in [-0.4, -0.2) is 11.2 Å². The molecule has 1 nitrogen and oxygen atoms in total. The summed E-state index contributed by atoms with van der Waals surface area (Å²) < 4.78 is 0. The van der Waals surface area contributed by atoms with E-state index in [0.717, 1.165) is 25.7 Å². The van der Waals surface area contributed by atoms with Crippen molar-refractivity contribution in [3.8, 4) is 0 Å².